The lowest BCUT2D eigenvalue weighted by Gasteiger charge is -2.19. The minimum absolute atomic E-state index is 0.608. The molecule has 0 radical (unpaired) electrons. The molecule has 2 heterocycles. The first-order valence-corrected chi connectivity index (χ1v) is 6.94. The van der Waals surface area contributed by atoms with Gasteiger partial charge in [-0.1, -0.05) is 18.2 Å². The second-order valence-electron chi connectivity index (χ2n) is 4.95. The van der Waals surface area contributed by atoms with Gasteiger partial charge in [0.25, 0.3) is 0 Å². The van der Waals surface area contributed by atoms with E-state index in [1.54, 1.807) is 6.20 Å². The molecular weight excluding hydrogens is 264 g/mol. The number of aromatic nitrogens is 3. The molecule has 0 unspecified atom stereocenters. The Morgan fingerprint density at radius 2 is 2.05 bits per heavy atom. The van der Waals surface area contributed by atoms with E-state index >= 15 is 0 Å². The Kier molecular flexibility index (Phi) is 3.73. The largest absolute Gasteiger partial charge is 0.492 e. The van der Waals surface area contributed by atoms with Crippen LogP contribution in [0.4, 0.5) is 5.82 Å². The van der Waals surface area contributed by atoms with E-state index in [1.165, 1.54) is 0 Å². The highest BCUT2D eigenvalue weighted by Crippen LogP contribution is 2.18. The molecule has 21 heavy (non-hydrogen) atoms. The van der Waals surface area contributed by atoms with Gasteiger partial charge in [0.15, 0.2) is 5.82 Å². The van der Waals surface area contributed by atoms with Crippen LogP contribution in [-0.4, -0.2) is 34.8 Å². The van der Waals surface area contributed by atoms with Crippen molar-refractivity contribution in [2.45, 2.75) is 6.92 Å². The van der Waals surface area contributed by atoms with Gasteiger partial charge in [0, 0.05) is 19.4 Å². The van der Waals surface area contributed by atoms with Crippen LogP contribution in [0, 0.1) is 6.92 Å². The zero-order chi connectivity index (χ0) is 14.7. The van der Waals surface area contributed by atoms with E-state index in [-0.39, 0.29) is 0 Å². The molecule has 0 spiro atoms. The Labute approximate surface area is 123 Å². The Hall–Kier alpha value is -2.56. The van der Waals surface area contributed by atoms with Crippen LogP contribution in [0.2, 0.25) is 0 Å². The molecule has 0 bridgehead atoms. The average molecular weight is 282 g/mol. The van der Waals surface area contributed by atoms with Crippen molar-refractivity contribution in [1.29, 1.82) is 0 Å². The molecular formula is C16H18N4O. The maximum Gasteiger partial charge on any atom is 0.154 e. The predicted molar refractivity (Wildman–Crippen MR) is 82.9 cm³/mol. The van der Waals surface area contributed by atoms with Gasteiger partial charge in [-0.05, 0) is 25.1 Å². The Balaban J connectivity index is 1.68. The number of para-hydroxylation sites is 1. The third kappa shape index (κ3) is 2.97. The zero-order valence-electron chi connectivity index (χ0n) is 12.2. The van der Waals surface area contributed by atoms with Gasteiger partial charge < -0.3 is 9.64 Å². The maximum atomic E-state index is 5.72. The SMILES string of the molecule is Cc1cc2c(N(C)CCOc3ccccc3)nccn2n1. The van der Waals surface area contributed by atoms with Crippen LogP contribution in [0.5, 0.6) is 5.75 Å². The topological polar surface area (TPSA) is 42.7 Å². The summed E-state index contributed by atoms with van der Waals surface area (Å²) in [6, 6.07) is 11.9. The predicted octanol–water partition coefficient (Wildman–Crippen LogP) is 2.55. The number of anilines is 1. The third-order valence-corrected chi connectivity index (χ3v) is 3.29. The number of likely N-dealkylation sites (N-methyl/N-ethyl adjacent to an activating group) is 1. The summed E-state index contributed by atoms with van der Waals surface area (Å²) in [5.74, 6) is 1.80. The normalized spacial score (nSPS) is 10.8. The first-order valence-electron chi connectivity index (χ1n) is 6.94. The lowest BCUT2D eigenvalue weighted by Crippen LogP contribution is -2.25. The maximum absolute atomic E-state index is 5.72. The first-order chi connectivity index (χ1) is 10.2. The Morgan fingerprint density at radius 3 is 2.86 bits per heavy atom. The molecule has 0 saturated carbocycles. The lowest BCUT2D eigenvalue weighted by atomic mass is 10.3. The highest BCUT2D eigenvalue weighted by Gasteiger charge is 2.09. The summed E-state index contributed by atoms with van der Waals surface area (Å²) in [6.07, 6.45) is 3.63. The highest BCUT2D eigenvalue weighted by atomic mass is 16.5. The van der Waals surface area contributed by atoms with Crippen molar-refractivity contribution >= 4 is 11.3 Å². The van der Waals surface area contributed by atoms with Crippen molar-refractivity contribution in [3.05, 3.63) is 54.5 Å². The van der Waals surface area contributed by atoms with Crippen molar-refractivity contribution < 1.29 is 4.74 Å². The van der Waals surface area contributed by atoms with E-state index in [1.807, 2.05) is 61.1 Å². The molecule has 0 amide bonds. The van der Waals surface area contributed by atoms with E-state index in [0.717, 1.165) is 29.3 Å². The van der Waals surface area contributed by atoms with Crippen molar-refractivity contribution in [1.82, 2.24) is 14.6 Å². The van der Waals surface area contributed by atoms with Crippen molar-refractivity contribution in [3.8, 4) is 5.75 Å². The summed E-state index contributed by atoms with van der Waals surface area (Å²) in [7, 11) is 2.01. The van der Waals surface area contributed by atoms with Gasteiger partial charge in [-0.25, -0.2) is 9.50 Å². The summed E-state index contributed by atoms with van der Waals surface area (Å²) >= 11 is 0. The number of benzene rings is 1. The minimum atomic E-state index is 0.608. The number of rotatable bonds is 5. The quantitative estimate of drug-likeness (QED) is 0.721. The van der Waals surface area contributed by atoms with Gasteiger partial charge in [0.05, 0.1) is 12.2 Å². The van der Waals surface area contributed by atoms with Gasteiger partial charge in [0.1, 0.15) is 17.9 Å². The molecule has 0 N–H and O–H groups in total. The molecule has 3 aromatic rings. The van der Waals surface area contributed by atoms with Crippen LogP contribution in [0.3, 0.4) is 0 Å². The molecule has 0 saturated heterocycles. The number of aryl methyl sites for hydroxylation is 1. The highest BCUT2D eigenvalue weighted by molar-refractivity contribution is 5.68. The van der Waals surface area contributed by atoms with Gasteiger partial charge in [-0.3, -0.25) is 0 Å². The van der Waals surface area contributed by atoms with E-state index < -0.39 is 0 Å². The minimum Gasteiger partial charge on any atom is -0.492 e. The second-order valence-corrected chi connectivity index (χ2v) is 4.95. The summed E-state index contributed by atoms with van der Waals surface area (Å²) in [4.78, 5) is 6.54. The average Bonchev–Trinajstić information content (AvgIpc) is 2.88. The van der Waals surface area contributed by atoms with Crippen LogP contribution in [0.15, 0.2) is 48.8 Å². The van der Waals surface area contributed by atoms with E-state index in [9.17, 15) is 0 Å². The van der Waals surface area contributed by atoms with Crippen LogP contribution >= 0.6 is 0 Å². The first kappa shape index (κ1) is 13.4. The molecule has 0 aliphatic carbocycles. The summed E-state index contributed by atoms with van der Waals surface area (Å²) < 4.78 is 7.58. The van der Waals surface area contributed by atoms with Crippen LogP contribution < -0.4 is 9.64 Å². The summed E-state index contributed by atoms with van der Waals surface area (Å²) in [5.41, 5.74) is 2.00. The number of hydrogen-bond acceptors (Lipinski definition) is 4. The molecule has 5 heteroatoms. The van der Waals surface area contributed by atoms with Crippen molar-refractivity contribution in [3.63, 3.8) is 0 Å². The fourth-order valence-electron chi connectivity index (χ4n) is 2.25. The molecule has 3 rings (SSSR count). The standard InChI is InChI=1S/C16H18N4O/c1-13-12-15-16(17-8-9-20(15)18-13)19(2)10-11-21-14-6-4-3-5-7-14/h3-9,12H,10-11H2,1-2H3. The van der Waals surface area contributed by atoms with E-state index in [2.05, 4.69) is 15.0 Å². The van der Waals surface area contributed by atoms with E-state index in [4.69, 9.17) is 4.74 Å². The molecule has 5 nitrogen and oxygen atoms in total. The van der Waals surface area contributed by atoms with E-state index in [0.29, 0.717) is 6.61 Å². The fraction of sp³-hybridized carbons (Fsp3) is 0.250. The zero-order valence-corrected chi connectivity index (χ0v) is 12.2. The van der Waals surface area contributed by atoms with Crippen LogP contribution in [-0.2, 0) is 0 Å². The molecule has 1 aromatic carbocycles. The number of fused-ring (bicyclic) bond motifs is 1. The smallest absolute Gasteiger partial charge is 0.154 e. The van der Waals surface area contributed by atoms with Gasteiger partial charge >= 0.3 is 0 Å². The molecule has 0 fully saturated rings. The van der Waals surface area contributed by atoms with Crippen molar-refractivity contribution in [2.24, 2.45) is 0 Å². The van der Waals surface area contributed by atoms with Gasteiger partial charge in [-0.15, -0.1) is 0 Å². The lowest BCUT2D eigenvalue weighted by molar-refractivity contribution is 0.326. The van der Waals surface area contributed by atoms with Crippen LogP contribution in [0.1, 0.15) is 5.69 Å². The monoisotopic (exact) mass is 282 g/mol. The molecule has 0 atom stereocenters. The summed E-state index contributed by atoms with van der Waals surface area (Å²) in [5, 5.41) is 4.40. The second kappa shape index (κ2) is 5.83. The molecule has 0 aliphatic heterocycles. The number of hydrogen-bond donors (Lipinski definition) is 0. The Bertz CT molecular complexity index is 723. The van der Waals surface area contributed by atoms with Gasteiger partial charge in [-0.2, -0.15) is 5.10 Å². The Morgan fingerprint density at radius 1 is 1.24 bits per heavy atom. The van der Waals surface area contributed by atoms with Gasteiger partial charge in [0.2, 0.25) is 0 Å². The molecule has 2 aromatic heterocycles. The fourth-order valence-corrected chi connectivity index (χ4v) is 2.25. The molecule has 0 aliphatic rings. The third-order valence-electron chi connectivity index (χ3n) is 3.29. The van der Waals surface area contributed by atoms with Crippen molar-refractivity contribution in [2.75, 3.05) is 25.1 Å². The number of ether oxygens (including phenoxy) is 1. The molecule has 108 valence electrons. The van der Waals surface area contributed by atoms with Crippen LogP contribution in [0.25, 0.3) is 5.52 Å². The summed E-state index contributed by atoms with van der Waals surface area (Å²) in [6.45, 7) is 3.34. The number of nitrogens with zero attached hydrogens (tertiary/aromatic N) is 4.